The van der Waals surface area contributed by atoms with E-state index in [-0.39, 0.29) is 5.12 Å². The van der Waals surface area contributed by atoms with Gasteiger partial charge >= 0.3 is 0 Å². The van der Waals surface area contributed by atoms with E-state index >= 15 is 0 Å². The van der Waals surface area contributed by atoms with Gasteiger partial charge in [-0.05, 0) is 30.2 Å². The Kier molecular flexibility index (Phi) is 8.26. The monoisotopic (exact) mass is 264 g/mol. The summed E-state index contributed by atoms with van der Waals surface area (Å²) < 4.78 is 5.55. The highest BCUT2D eigenvalue weighted by atomic mass is 32.2. The fourth-order valence-electron chi connectivity index (χ4n) is 1.44. The maximum Gasteiger partial charge on any atom is 0.211 e. The molecule has 1 rings (SSSR count). The topological polar surface area (TPSA) is 26.3 Å². The number of carbonyl (C=O) groups excluding carboxylic acids is 1. The van der Waals surface area contributed by atoms with Crippen molar-refractivity contribution in [3.8, 4) is 0 Å². The summed E-state index contributed by atoms with van der Waals surface area (Å²) in [5, 5.41) is 0.141. The van der Waals surface area contributed by atoms with Crippen LogP contribution in [-0.4, -0.2) is 17.5 Å². The van der Waals surface area contributed by atoms with E-state index in [0.29, 0.717) is 6.61 Å². The van der Waals surface area contributed by atoms with E-state index in [1.807, 2.05) is 31.2 Å². The summed E-state index contributed by atoms with van der Waals surface area (Å²) in [7, 11) is 0. The minimum atomic E-state index is 0.141. The van der Waals surface area contributed by atoms with E-state index in [1.54, 1.807) is 6.08 Å². The Hall–Kier alpha value is -1.06. The van der Waals surface area contributed by atoms with Crippen molar-refractivity contribution in [3.63, 3.8) is 0 Å². The SMILES string of the molecule is CCSC(=O)/C=C/CCCOCc1ccccc1. The van der Waals surface area contributed by atoms with Gasteiger partial charge < -0.3 is 4.74 Å². The van der Waals surface area contributed by atoms with Gasteiger partial charge in [-0.2, -0.15) is 0 Å². The highest BCUT2D eigenvalue weighted by Gasteiger charge is 1.94. The van der Waals surface area contributed by atoms with Gasteiger partial charge in [-0.1, -0.05) is 55.1 Å². The molecule has 0 aliphatic rings. The number of rotatable bonds is 8. The Bertz CT molecular complexity index is 360. The second kappa shape index (κ2) is 9.92. The molecule has 3 heteroatoms. The van der Waals surface area contributed by atoms with E-state index in [4.69, 9.17) is 4.74 Å². The zero-order valence-electron chi connectivity index (χ0n) is 10.8. The first-order valence-electron chi connectivity index (χ1n) is 6.28. The number of thioether (sulfide) groups is 1. The van der Waals surface area contributed by atoms with Crippen LogP contribution in [0, 0.1) is 0 Å². The Morgan fingerprint density at radius 1 is 1.33 bits per heavy atom. The van der Waals surface area contributed by atoms with Crippen LogP contribution >= 0.6 is 11.8 Å². The highest BCUT2D eigenvalue weighted by Crippen LogP contribution is 2.04. The molecule has 0 aromatic heterocycles. The van der Waals surface area contributed by atoms with Gasteiger partial charge in [-0.3, -0.25) is 4.79 Å². The molecule has 0 radical (unpaired) electrons. The third kappa shape index (κ3) is 7.30. The van der Waals surface area contributed by atoms with Gasteiger partial charge in [0.05, 0.1) is 6.61 Å². The molecule has 0 amide bonds. The molecular weight excluding hydrogens is 244 g/mol. The van der Waals surface area contributed by atoms with Crippen molar-refractivity contribution >= 4 is 16.9 Å². The van der Waals surface area contributed by atoms with Gasteiger partial charge in [0.1, 0.15) is 0 Å². The zero-order chi connectivity index (χ0) is 13.1. The predicted octanol–water partition coefficient (Wildman–Crippen LogP) is 3.82. The molecular formula is C15H20O2S. The van der Waals surface area contributed by atoms with Gasteiger partial charge in [-0.15, -0.1) is 0 Å². The molecule has 0 N–H and O–H groups in total. The molecule has 0 saturated heterocycles. The summed E-state index contributed by atoms with van der Waals surface area (Å²) >= 11 is 1.34. The third-order valence-electron chi connectivity index (χ3n) is 2.31. The molecule has 0 spiro atoms. The molecule has 0 unspecified atom stereocenters. The lowest BCUT2D eigenvalue weighted by Gasteiger charge is -2.02. The smallest absolute Gasteiger partial charge is 0.211 e. The molecule has 0 bridgehead atoms. The lowest BCUT2D eigenvalue weighted by Crippen LogP contribution is -1.94. The van der Waals surface area contributed by atoms with Crippen LogP contribution in [0.4, 0.5) is 0 Å². The quantitative estimate of drug-likeness (QED) is 0.527. The number of unbranched alkanes of at least 4 members (excludes halogenated alkanes) is 1. The first kappa shape index (κ1) is 15.0. The molecule has 0 fully saturated rings. The summed E-state index contributed by atoms with van der Waals surface area (Å²) in [6, 6.07) is 10.1. The minimum absolute atomic E-state index is 0.141. The molecule has 18 heavy (non-hydrogen) atoms. The molecule has 0 saturated carbocycles. The van der Waals surface area contributed by atoms with Gasteiger partial charge in [0.15, 0.2) is 0 Å². The van der Waals surface area contributed by atoms with Gasteiger partial charge in [-0.25, -0.2) is 0 Å². The van der Waals surface area contributed by atoms with Crippen molar-refractivity contribution in [3.05, 3.63) is 48.0 Å². The molecule has 1 aromatic carbocycles. The molecule has 0 atom stereocenters. The maximum absolute atomic E-state index is 11.2. The molecule has 2 nitrogen and oxygen atoms in total. The predicted molar refractivity (Wildman–Crippen MR) is 77.6 cm³/mol. The highest BCUT2D eigenvalue weighted by molar-refractivity contribution is 8.14. The van der Waals surface area contributed by atoms with E-state index in [9.17, 15) is 4.79 Å². The van der Waals surface area contributed by atoms with Crippen LogP contribution in [0.2, 0.25) is 0 Å². The minimum Gasteiger partial charge on any atom is -0.377 e. The Morgan fingerprint density at radius 2 is 2.11 bits per heavy atom. The van der Waals surface area contributed by atoms with Crippen LogP contribution in [-0.2, 0) is 16.1 Å². The molecule has 0 aliphatic carbocycles. The third-order valence-corrected chi connectivity index (χ3v) is 3.02. The van der Waals surface area contributed by atoms with Crippen LogP contribution < -0.4 is 0 Å². The summed E-state index contributed by atoms with van der Waals surface area (Å²) in [4.78, 5) is 11.2. The molecule has 0 heterocycles. The fraction of sp³-hybridized carbons (Fsp3) is 0.400. The Morgan fingerprint density at radius 3 is 2.83 bits per heavy atom. The molecule has 1 aromatic rings. The number of hydrogen-bond donors (Lipinski definition) is 0. The summed E-state index contributed by atoms with van der Waals surface area (Å²) in [5.41, 5.74) is 1.20. The number of ether oxygens (including phenoxy) is 1. The largest absolute Gasteiger partial charge is 0.377 e. The average molecular weight is 264 g/mol. The lowest BCUT2D eigenvalue weighted by atomic mass is 10.2. The lowest BCUT2D eigenvalue weighted by molar-refractivity contribution is -0.107. The van der Waals surface area contributed by atoms with Crippen molar-refractivity contribution < 1.29 is 9.53 Å². The summed E-state index contributed by atoms with van der Waals surface area (Å²) in [5.74, 6) is 0.837. The van der Waals surface area contributed by atoms with E-state index in [2.05, 4.69) is 12.1 Å². The Balaban J connectivity index is 2.01. The van der Waals surface area contributed by atoms with Crippen molar-refractivity contribution in [1.82, 2.24) is 0 Å². The number of hydrogen-bond acceptors (Lipinski definition) is 3. The fourth-order valence-corrected chi connectivity index (χ4v) is 1.91. The van der Waals surface area contributed by atoms with Crippen molar-refractivity contribution in [2.45, 2.75) is 26.4 Å². The second-order valence-corrected chi connectivity index (χ2v) is 5.10. The van der Waals surface area contributed by atoms with Crippen molar-refractivity contribution in [2.75, 3.05) is 12.4 Å². The maximum atomic E-state index is 11.2. The summed E-state index contributed by atoms with van der Waals surface area (Å²) in [6.45, 7) is 3.37. The van der Waals surface area contributed by atoms with Gasteiger partial charge in [0.25, 0.3) is 0 Å². The van der Waals surface area contributed by atoms with Crippen LogP contribution in [0.1, 0.15) is 25.3 Å². The number of allylic oxidation sites excluding steroid dienone is 1. The van der Waals surface area contributed by atoms with Crippen molar-refractivity contribution in [1.29, 1.82) is 0 Å². The second-order valence-electron chi connectivity index (χ2n) is 3.83. The first-order chi connectivity index (χ1) is 8.83. The Labute approximate surface area is 113 Å². The van der Waals surface area contributed by atoms with Crippen LogP contribution in [0.3, 0.4) is 0 Å². The van der Waals surface area contributed by atoms with E-state index in [0.717, 1.165) is 25.2 Å². The standard InChI is InChI=1S/C15H20O2S/c1-2-18-15(16)11-7-4-8-12-17-13-14-9-5-3-6-10-14/h3,5-7,9-11H,2,4,8,12-13H2,1H3/b11-7+. The molecule has 0 aliphatic heterocycles. The normalized spacial score (nSPS) is 10.9. The molecule has 98 valence electrons. The number of carbonyl (C=O) groups is 1. The zero-order valence-corrected chi connectivity index (χ0v) is 11.6. The van der Waals surface area contributed by atoms with Gasteiger partial charge in [0.2, 0.25) is 5.12 Å². The van der Waals surface area contributed by atoms with E-state index in [1.165, 1.54) is 17.3 Å². The van der Waals surface area contributed by atoms with Crippen LogP contribution in [0.5, 0.6) is 0 Å². The van der Waals surface area contributed by atoms with E-state index < -0.39 is 0 Å². The summed E-state index contributed by atoms with van der Waals surface area (Å²) in [6.07, 6.45) is 5.43. The van der Waals surface area contributed by atoms with Crippen LogP contribution in [0.15, 0.2) is 42.5 Å². The number of benzene rings is 1. The first-order valence-corrected chi connectivity index (χ1v) is 7.26. The van der Waals surface area contributed by atoms with Crippen molar-refractivity contribution in [2.24, 2.45) is 0 Å². The van der Waals surface area contributed by atoms with Gasteiger partial charge in [0, 0.05) is 6.61 Å². The van der Waals surface area contributed by atoms with Crippen LogP contribution in [0.25, 0.3) is 0 Å². The average Bonchev–Trinajstić information content (AvgIpc) is 2.39.